The van der Waals surface area contributed by atoms with Crippen molar-refractivity contribution in [3.63, 3.8) is 0 Å². The van der Waals surface area contributed by atoms with E-state index in [1.165, 1.54) is 5.69 Å². The highest BCUT2D eigenvalue weighted by molar-refractivity contribution is 6.20. The van der Waals surface area contributed by atoms with Crippen molar-refractivity contribution in [2.75, 3.05) is 6.61 Å². The fourth-order valence-corrected chi connectivity index (χ4v) is 2.24. The number of alkyl halides is 1. The van der Waals surface area contributed by atoms with E-state index in [2.05, 4.69) is 16.5 Å². The molecule has 15 heavy (non-hydrogen) atoms. The molecule has 1 fully saturated rings. The molecule has 2 unspecified atom stereocenters. The first-order chi connectivity index (χ1) is 7.31. The number of hydrogen-bond acceptors (Lipinski definition) is 2. The molecule has 1 aliphatic rings. The van der Waals surface area contributed by atoms with Gasteiger partial charge in [-0.2, -0.15) is 0 Å². The minimum atomic E-state index is 0.135. The Bertz CT molecular complexity index is 313. The van der Waals surface area contributed by atoms with Crippen LogP contribution in [0.1, 0.15) is 38.0 Å². The molecule has 1 aliphatic heterocycles. The molecule has 0 aromatic carbocycles. The van der Waals surface area contributed by atoms with Crippen molar-refractivity contribution >= 4 is 11.6 Å². The molecule has 0 amide bonds. The molecular formula is C11H17ClN2O. The van der Waals surface area contributed by atoms with Gasteiger partial charge in [0.1, 0.15) is 6.10 Å². The van der Waals surface area contributed by atoms with Gasteiger partial charge >= 0.3 is 0 Å². The highest BCUT2D eigenvalue weighted by atomic mass is 35.5. The predicted octanol–water partition coefficient (Wildman–Crippen LogP) is 2.75. The maximum atomic E-state index is 6.15. The van der Waals surface area contributed by atoms with Crippen molar-refractivity contribution < 1.29 is 4.74 Å². The van der Waals surface area contributed by atoms with Gasteiger partial charge in [-0.15, -0.1) is 11.6 Å². The Balaban J connectivity index is 2.10. The molecule has 0 aliphatic carbocycles. The molecule has 0 spiro atoms. The van der Waals surface area contributed by atoms with Crippen LogP contribution in [0.15, 0.2) is 12.5 Å². The zero-order valence-corrected chi connectivity index (χ0v) is 9.78. The Labute approximate surface area is 95.4 Å². The maximum Gasteiger partial charge on any atom is 0.100 e. The fraction of sp³-hybridized carbons (Fsp3) is 0.727. The summed E-state index contributed by atoms with van der Waals surface area (Å²) in [5.41, 5.74) is 1.17. The van der Waals surface area contributed by atoms with Crippen LogP contribution in [0.2, 0.25) is 0 Å². The van der Waals surface area contributed by atoms with E-state index >= 15 is 0 Å². The third-order valence-electron chi connectivity index (χ3n) is 2.76. The molecule has 4 heteroatoms. The zero-order chi connectivity index (χ0) is 10.7. The quantitative estimate of drug-likeness (QED) is 0.744. The van der Waals surface area contributed by atoms with Gasteiger partial charge in [0.25, 0.3) is 0 Å². The van der Waals surface area contributed by atoms with Crippen molar-refractivity contribution in [2.24, 2.45) is 0 Å². The van der Waals surface area contributed by atoms with Crippen LogP contribution in [-0.2, 0) is 11.3 Å². The lowest BCUT2D eigenvalue weighted by molar-refractivity contribution is 0.0120. The molecule has 0 N–H and O–H groups in total. The van der Waals surface area contributed by atoms with Gasteiger partial charge in [0.05, 0.1) is 18.2 Å². The average Bonchev–Trinajstić information content (AvgIpc) is 2.66. The molecule has 3 nitrogen and oxygen atoms in total. The van der Waals surface area contributed by atoms with Gasteiger partial charge in [0.15, 0.2) is 0 Å². The molecule has 1 aromatic rings. The number of halogens is 1. The van der Waals surface area contributed by atoms with Gasteiger partial charge in [-0.25, -0.2) is 4.98 Å². The molecule has 2 atom stereocenters. The first-order valence-electron chi connectivity index (χ1n) is 5.57. The van der Waals surface area contributed by atoms with Crippen LogP contribution >= 0.6 is 11.6 Å². The van der Waals surface area contributed by atoms with E-state index in [4.69, 9.17) is 16.3 Å². The Morgan fingerprint density at radius 3 is 3.27 bits per heavy atom. The lowest BCUT2D eigenvalue weighted by Crippen LogP contribution is -2.22. The molecule has 0 bridgehead atoms. The summed E-state index contributed by atoms with van der Waals surface area (Å²) in [5.74, 6) is 0. The van der Waals surface area contributed by atoms with Crippen molar-refractivity contribution in [1.82, 2.24) is 9.55 Å². The average molecular weight is 229 g/mol. The summed E-state index contributed by atoms with van der Waals surface area (Å²) < 4.78 is 7.90. The summed E-state index contributed by atoms with van der Waals surface area (Å²) in [5, 5.41) is 0.244. The molecule has 1 aromatic heterocycles. The second-order valence-corrected chi connectivity index (χ2v) is 4.61. The second-order valence-electron chi connectivity index (χ2n) is 3.99. The fourth-order valence-electron chi connectivity index (χ4n) is 1.99. The summed E-state index contributed by atoms with van der Waals surface area (Å²) in [7, 11) is 0. The van der Waals surface area contributed by atoms with Crippen LogP contribution in [0, 0.1) is 0 Å². The van der Waals surface area contributed by atoms with E-state index < -0.39 is 0 Å². The molecule has 2 rings (SSSR count). The molecular weight excluding hydrogens is 212 g/mol. The van der Waals surface area contributed by atoms with Crippen molar-refractivity contribution in [1.29, 1.82) is 0 Å². The number of rotatable bonds is 3. The van der Waals surface area contributed by atoms with Crippen LogP contribution in [0.25, 0.3) is 0 Å². The van der Waals surface area contributed by atoms with Gasteiger partial charge < -0.3 is 9.30 Å². The predicted molar refractivity (Wildman–Crippen MR) is 60.1 cm³/mol. The van der Waals surface area contributed by atoms with E-state index in [1.807, 2.05) is 12.5 Å². The van der Waals surface area contributed by atoms with E-state index in [1.54, 1.807) is 0 Å². The van der Waals surface area contributed by atoms with Gasteiger partial charge in [0, 0.05) is 18.5 Å². The van der Waals surface area contributed by atoms with Crippen LogP contribution in [0.4, 0.5) is 0 Å². The summed E-state index contributed by atoms with van der Waals surface area (Å²) in [6.07, 6.45) is 6.88. The third-order valence-corrected chi connectivity index (χ3v) is 3.16. The van der Waals surface area contributed by atoms with Crippen molar-refractivity contribution in [2.45, 2.75) is 44.2 Å². The Morgan fingerprint density at radius 2 is 2.53 bits per heavy atom. The van der Waals surface area contributed by atoms with Gasteiger partial charge in [0.2, 0.25) is 0 Å². The normalized spacial score (nSPS) is 26.8. The van der Waals surface area contributed by atoms with Crippen LogP contribution in [0.5, 0.6) is 0 Å². The molecule has 0 saturated carbocycles. The standard InChI is InChI=1S/C11H17ClN2O/c1-2-4-14-8-13-7-10(14)11-6-9(12)3-5-15-11/h7-9,11H,2-6H2,1H3. The van der Waals surface area contributed by atoms with Crippen LogP contribution in [-0.4, -0.2) is 21.5 Å². The van der Waals surface area contributed by atoms with Crippen molar-refractivity contribution in [3.8, 4) is 0 Å². The Hall–Kier alpha value is -0.540. The zero-order valence-electron chi connectivity index (χ0n) is 9.03. The summed E-state index contributed by atoms with van der Waals surface area (Å²) in [4.78, 5) is 4.18. The monoisotopic (exact) mass is 228 g/mol. The smallest absolute Gasteiger partial charge is 0.100 e. The molecule has 0 radical (unpaired) electrons. The SMILES string of the molecule is CCCn1cncc1C1CC(Cl)CCO1. The minimum absolute atomic E-state index is 0.135. The minimum Gasteiger partial charge on any atom is -0.372 e. The van der Waals surface area contributed by atoms with E-state index in [0.717, 1.165) is 32.4 Å². The Morgan fingerprint density at radius 1 is 1.67 bits per heavy atom. The summed E-state index contributed by atoms with van der Waals surface area (Å²) in [6, 6.07) is 0. The van der Waals surface area contributed by atoms with Crippen LogP contribution in [0.3, 0.4) is 0 Å². The van der Waals surface area contributed by atoms with Crippen LogP contribution < -0.4 is 0 Å². The van der Waals surface area contributed by atoms with Gasteiger partial charge in [-0.05, 0) is 19.3 Å². The van der Waals surface area contributed by atoms with E-state index in [-0.39, 0.29) is 11.5 Å². The van der Waals surface area contributed by atoms with E-state index in [0.29, 0.717) is 0 Å². The van der Waals surface area contributed by atoms with Gasteiger partial charge in [-0.3, -0.25) is 0 Å². The second kappa shape index (κ2) is 4.99. The Kier molecular flexibility index (Phi) is 3.65. The summed E-state index contributed by atoms with van der Waals surface area (Å²) in [6.45, 7) is 3.92. The largest absolute Gasteiger partial charge is 0.372 e. The highest BCUT2D eigenvalue weighted by Crippen LogP contribution is 2.30. The molecule has 2 heterocycles. The molecule has 84 valence electrons. The number of nitrogens with zero attached hydrogens (tertiary/aromatic N) is 2. The topological polar surface area (TPSA) is 27.1 Å². The third kappa shape index (κ3) is 2.52. The lowest BCUT2D eigenvalue weighted by atomic mass is 10.1. The first-order valence-corrected chi connectivity index (χ1v) is 6.00. The van der Waals surface area contributed by atoms with Gasteiger partial charge in [-0.1, -0.05) is 6.92 Å². The molecule has 1 saturated heterocycles. The number of aromatic nitrogens is 2. The lowest BCUT2D eigenvalue weighted by Gasteiger charge is -2.26. The number of ether oxygens (including phenoxy) is 1. The first kappa shape index (κ1) is 11.0. The maximum absolute atomic E-state index is 6.15. The summed E-state index contributed by atoms with van der Waals surface area (Å²) >= 11 is 6.15. The number of hydrogen-bond donors (Lipinski definition) is 0. The van der Waals surface area contributed by atoms with E-state index in [9.17, 15) is 0 Å². The number of imidazole rings is 1. The number of aryl methyl sites for hydroxylation is 1. The van der Waals surface area contributed by atoms with Crippen molar-refractivity contribution in [3.05, 3.63) is 18.2 Å². The highest BCUT2D eigenvalue weighted by Gasteiger charge is 2.24.